The minimum atomic E-state index is -3.18. The molecule has 4 rings (SSSR count). The molecule has 2 saturated carbocycles. The van der Waals surface area contributed by atoms with Crippen molar-refractivity contribution in [1.29, 1.82) is 0 Å². The van der Waals surface area contributed by atoms with Crippen LogP contribution in [0.4, 0.5) is 0 Å². The van der Waals surface area contributed by atoms with E-state index in [4.69, 9.17) is 5.73 Å². The van der Waals surface area contributed by atoms with Gasteiger partial charge in [-0.05, 0) is 61.7 Å². The molecule has 0 aromatic rings. The van der Waals surface area contributed by atoms with E-state index in [-0.39, 0.29) is 36.1 Å². The highest BCUT2D eigenvalue weighted by Gasteiger charge is 2.49. The van der Waals surface area contributed by atoms with Crippen LogP contribution in [0, 0.1) is 23.2 Å². The van der Waals surface area contributed by atoms with Crippen molar-refractivity contribution in [2.45, 2.75) is 141 Å². The highest BCUT2D eigenvalue weighted by Crippen LogP contribution is 2.40. The maximum atomic E-state index is 14.4. The molecule has 4 aliphatic rings. The van der Waals surface area contributed by atoms with Gasteiger partial charge < -0.3 is 16.0 Å². The summed E-state index contributed by atoms with van der Waals surface area (Å²) >= 11 is 0. The van der Waals surface area contributed by atoms with Gasteiger partial charge in [0, 0.05) is 18.8 Å². The highest BCUT2D eigenvalue weighted by molar-refractivity contribution is 7.92. The number of ketones is 1. The molecule has 3 amide bonds. The van der Waals surface area contributed by atoms with Gasteiger partial charge >= 0.3 is 0 Å². The second-order valence-corrected chi connectivity index (χ2v) is 17.9. The minimum Gasteiger partial charge on any atom is -0.363 e. The van der Waals surface area contributed by atoms with Crippen molar-refractivity contribution in [3.8, 4) is 0 Å². The average molecular weight is 652 g/mol. The van der Waals surface area contributed by atoms with Gasteiger partial charge in [-0.1, -0.05) is 73.1 Å². The summed E-state index contributed by atoms with van der Waals surface area (Å²) in [5.41, 5.74) is 4.32. The largest absolute Gasteiger partial charge is 0.363 e. The number of nitrogens with one attached hydrogen (secondary N) is 3. The van der Waals surface area contributed by atoms with Crippen LogP contribution in [0.3, 0.4) is 0 Å². The first-order valence-corrected chi connectivity index (χ1v) is 18.9. The summed E-state index contributed by atoms with van der Waals surface area (Å²) < 4.78 is 26.0. The van der Waals surface area contributed by atoms with Gasteiger partial charge in [-0.2, -0.15) is 0 Å². The van der Waals surface area contributed by atoms with E-state index < -0.39 is 61.8 Å². The number of likely N-dealkylation sites (tertiary alicyclic amines) is 1. The van der Waals surface area contributed by atoms with Crippen LogP contribution in [0.5, 0.6) is 0 Å². The molecule has 11 nitrogen and oxygen atoms in total. The van der Waals surface area contributed by atoms with Gasteiger partial charge in [0.2, 0.25) is 17.6 Å². The van der Waals surface area contributed by atoms with E-state index in [9.17, 15) is 27.6 Å². The van der Waals surface area contributed by atoms with Crippen LogP contribution in [0.15, 0.2) is 0 Å². The van der Waals surface area contributed by atoms with Gasteiger partial charge in [-0.25, -0.2) is 8.42 Å². The molecule has 4 fully saturated rings. The summed E-state index contributed by atoms with van der Waals surface area (Å²) in [6.07, 6.45) is 9.78. The number of carbonyl (C=O) groups excluding carboxylic acids is 4. The predicted molar refractivity (Wildman–Crippen MR) is 174 cm³/mol. The van der Waals surface area contributed by atoms with Crippen LogP contribution in [0.25, 0.3) is 0 Å². The highest BCUT2D eigenvalue weighted by atomic mass is 32.2. The van der Waals surface area contributed by atoms with E-state index in [2.05, 4.69) is 29.8 Å². The molecule has 12 heteroatoms. The molecule has 2 heterocycles. The van der Waals surface area contributed by atoms with Gasteiger partial charge in [0.05, 0.1) is 23.1 Å². The van der Waals surface area contributed by atoms with Crippen LogP contribution < -0.4 is 21.7 Å². The zero-order chi connectivity index (χ0) is 33.2. The van der Waals surface area contributed by atoms with Crippen molar-refractivity contribution in [2.24, 2.45) is 28.9 Å². The molecule has 2 saturated heterocycles. The molecule has 2 aliphatic heterocycles. The maximum Gasteiger partial charge on any atom is 0.287 e. The molecule has 2 aliphatic carbocycles. The van der Waals surface area contributed by atoms with E-state index in [1.807, 2.05) is 20.8 Å². The van der Waals surface area contributed by atoms with E-state index in [0.717, 1.165) is 51.4 Å². The minimum absolute atomic E-state index is 0.0958. The second-order valence-electron chi connectivity index (χ2n) is 15.6. The average Bonchev–Trinajstić information content (AvgIpc) is 3.55. The number of nitrogens with two attached hydrogens (primary N) is 1. The lowest BCUT2D eigenvalue weighted by Crippen LogP contribution is -2.63. The summed E-state index contributed by atoms with van der Waals surface area (Å²) in [6, 6.07) is -2.41. The smallest absolute Gasteiger partial charge is 0.287 e. The Kier molecular flexibility index (Phi) is 11.4. The molecule has 0 bridgehead atoms. The van der Waals surface area contributed by atoms with Gasteiger partial charge in [-0.3, -0.25) is 29.8 Å². The SMILES string of the molecule is CC(C)[C@@H]1C[C@@H](C(=O)NC(CC2CCC2)C(=O)C(N)=O)N(C(=O)[C@@H](NCNC2(C3CCCS3(=O)=O)CCCCC2)C(C)(C)C)C1. The Morgan fingerprint density at radius 1 is 0.978 bits per heavy atom. The number of nitrogens with zero attached hydrogens (tertiary/aromatic N) is 1. The first-order valence-electron chi connectivity index (χ1n) is 17.2. The number of carbonyl (C=O) groups is 4. The fourth-order valence-corrected chi connectivity index (χ4v) is 10.4. The van der Waals surface area contributed by atoms with Crippen molar-refractivity contribution in [1.82, 2.24) is 20.9 Å². The Morgan fingerprint density at radius 2 is 1.64 bits per heavy atom. The van der Waals surface area contributed by atoms with Crippen molar-refractivity contribution >= 4 is 33.3 Å². The molecule has 5 atom stereocenters. The van der Waals surface area contributed by atoms with Crippen LogP contribution in [0.2, 0.25) is 0 Å². The van der Waals surface area contributed by atoms with E-state index in [0.29, 0.717) is 32.2 Å². The Morgan fingerprint density at radius 3 is 2.16 bits per heavy atom. The normalized spacial score (nSPS) is 28.0. The third-order valence-corrected chi connectivity index (χ3v) is 13.5. The van der Waals surface area contributed by atoms with Crippen molar-refractivity contribution in [2.75, 3.05) is 19.0 Å². The van der Waals surface area contributed by atoms with Gasteiger partial charge in [0.1, 0.15) is 6.04 Å². The van der Waals surface area contributed by atoms with Crippen LogP contribution in [-0.2, 0) is 29.0 Å². The molecule has 45 heavy (non-hydrogen) atoms. The summed E-state index contributed by atoms with van der Waals surface area (Å²) in [4.78, 5) is 54.3. The third kappa shape index (κ3) is 8.27. The van der Waals surface area contributed by atoms with Gasteiger partial charge in [0.15, 0.2) is 9.84 Å². The van der Waals surface area contributed by atoms with Crippen molar-refractivity contribution < 1.29 is 27.6 Å². The Bertz CT molecular complexity index is 1200. The van der Waals surface area contributed by atoms with E-state index >= 15 is 0 Å². The Labute approximate surface area is 269 Å². The molecule has 0 spiro atoms. The summed E-state index contributed by atoms with van der Waals surface area (Å²) in [5.74, 6) is -1.66. The van der Waals surface area contributed by atoms with E-state index in [1.165, 1.54) is 0 Å². The van der Waals surface area contributed by atoms with Crippen molar-refractivity contribution in [3.05, 3.63) is 0 Å². The first kappa shape index (κ1) is 35.8. The lowest BCUT2D eigenvalue weighted by molar-refractivity contribution is -0.143. The fourth-order valence-electron chi connectivity index (χ4n) is 8.04. The molecule has 0 aromatic carbocycles. The van der Waals surface area contributed by atoms with Crippen molar-refractivity contribution in [3.63, 3.8) is 0 Å². The zero-order valence-electron chi connectivity index (χ0n) is 28.0. The molecular weight excluding hydrogens is 594 g/mol. The number of Topliss-reactive ketones (excluding diaryl/α,β-unsaturated/α-hetero) is 1. The molecular formula is C33H57N5O6S. The molecule has 256 valence electrons. The van der Waals surface area contributed by atoms with E-state index in [1.54, 1.807) is 4.90 Å². The summed E-state index contributed by atoms with van der Waals surface area (Å²) in [6.45, 7) is 10.8. The number of hydrogen-bond donors (Lipinski definition) is 4. The molecule has 0 radical (unpaired) electrons. The number of rotatable bonds is 13. The molecule has 2 unspecified atom stereocenters. The number of primary amides is 1. The van der Waals surface area contributed by atoms with Crippen LogP contribution in [0.1, 0.15) is 112 Å². The Hall–Kier alpha value is -2.05. The molecule has 5 N–H and O–H groups in total. The lowest BCUT2D eigenvalue weighted by atomic mass is 9.78. The predicted octanol–water partition coefficient (Wildman–Crippen LogP) is 2.42. The van der Waals surface area contributed by atoms with Crippen LogP contribution in [-0.4, -0.2) is 84.7 Å². The van der Waals surface area contributed by atoms with Gasteiger partial charge in [0.25, 0.3) is 5.91 Å². The fraction of sp³-hybridized carbons (Fsp3) is 0.879. The molecule has 0 aromatic heterocycles. The topological polar surface area (TPSA) is 168 Å². The maximum absolute atomic E-state index is 14.4. The number of amides is 3. The first-order chi connectivity index (χ1) is 21.1. The lowest BCUT2D eigenvalue weighted by Gasteiger charge is -2.43. The third-order valence-electron chi connectivity index (χ3n) is 11.1. The quantitative estimate of drug-likeness (QED) is 0.174. The summed E-state index contributed by atoms with van der Waals surface area (Å²) in [5, 5.41) is 9.44. The zero-order valence-corrected chi connectivity index (χ0v) is 28.8. The number of hydrogen-bond acceptors (Lipinski definition) is 8. The second kappa shape index (κ2) is 14.4. The summed E-state index contributed by atoms with van der Waals surface area (Å²) in [7, 11) is -3.18. The standard InChI is InChI=1S/C33H57N5O6S/c1-21(2)23-18-25(30(41)37-24(27(39)29(34)40)17-22-11-9-12-22)38(19-23)31(42)28(32(3,4)5)35-20-36-33(14-7-6-8-15-33)26-13-10-16-45(26,43)44/h21-26,28,35-36H,6-20H2,1-5H3,(H2,34,40)(H,37,41)/t23-,24?,25+,26?,28-/m1/s1. The van der Waals surface area contributed by atoms with Gasteiger partial charge in [-0.15, -0.1) is 0 Å². The number of sulfone groups is 1. The van der Waals surface area contributed by atoms with Crippen LogP contribution >= 0.6 is 0 Å². The monoisotopic (exact) mass is 651 g/mol. The Balaban J connectivity index is 1.51.